The molecule has 1 fully saturated rings. The molecule has 1 aliphatic rings. The van der Waals surface area contributed by atoms with E-state index in [9.17, 15) is 20.0 Å². The van der Waals surface area contributed by atoms with E-state index in [-0.39, 0.29) is 30.6 Å². The minimum Gasteiger partial charge on any atom is -0.480 e. The maximum Gasteiger partial charge on any atom is 0.326 e. The number of nitrogens with zero attached hydrogens (tertiary/aromatic N) is 3. The van der Waals surface area contributed by atoms with E-state index in [0.29, 0.717) is 5.56 Å². The third-order valence-corrected chi connectivity index (χ3v) is 3.33. The number of aromatic nitrogens is 1. The van der Waals surface area contributed by atoms with E-state index in [1.165, 1.54) is 24.3 Å². The lowest BCUT2D eigenvalue weighted by Gasteiger charge is -2.21. The van der Waals surface area contributed by atoms with Gasteiger partial charge in [0.1, 0.15) is 6.04 Å². The maximum atomic E-state index is 11.3. The van der Waals surface area contributed by atoms with Crippen molar-refractivity contribution in [2.45, 2.75) is 25.5 Å². The Balaban J connectivity index is 2.43. The predicted octanol–water partition coefficient (Wildman–Crippen LogP) is 0.977. The Morgan fingerprint density at radius 1 is 1.65 bits per heavy atom. The highest BCUT2D eigenvalue weighted by atomic mass is 16.6. The molecule has 0 radical (unpaired) electrons. The number of hydrogen-bond acceptors (Lipinski definition) is 6. The number of anilines is 1. The molecule has 1 aromatic rings. The number of rotatable bonds is 4. The zero-order valence-electron chi connectivity index (χ0n) is 11.1. The first kappa shape index (κ1) is 14.2. The van der Waals surface area contributed by atoms with Crippen molar-refractivity contribution in [1.29, 1.82) is 0 Å². The third-order valence-electron chi connectivity index (χ3n) is 3.33. The lowest BCUT2D eigenvalue weighted by atomic mass is 10.2. The zero-order chi connectivity index (χ0) is 14.9. The Labute approximate surface area is 115 Å². The number of nitro groups is 1. The highest BCUT2D eigenvalue weighted by Gasteiger charge is 2.40. The molecule has 20 heavy (non-hydrogen) atoms. The lowest BCUT2D eigenvalue weighted by molar-refractivity contribution is -0.384. The Hall–Kier alpha value is -2.22. The van der Waals surface area contributed by atoms with Crippen molar-refractivity contribution in [1.82, 2.24) is 4.98 Å². The third kappa shape index (κ3) is 2.55. The fourth-order valence-corrected chi connectivity index (χ4v) is 2.34. The molecule has 1 saturated heterocycles. The van der Waals surface area contributed by atoms with E-state index in [4.69, 9.17) is 4.74 Å². The summed E-state index contributed by atoms with van der Waals surface area (Å²) in [4.78, 5) is 27.3. The number of carboxylic acid groups (broad SMARTS) is 1. The SMILES string of the molecule is COC1CC(C(=O)O)N(c2ncc(C)cc2[N+](=O)[O-])C1. The fourth-order valence-electron chi connectivity index (χ4n) is 2.34. The summed E-state index contributed by atoms with van der Waals surface area (Å²) < 4.78 is 5.16. The van der Waals surface area contributed by atoms with Gasteiger partial charge in [-0.2, -0.15) is 0 Å². The molecule has 8 heteroatoms. The van der Waals surface area contributed by atoms with E-state index in [1.807, 2.05) is 0 Å². The van der Waals surface area contributed by atoms with Crippen LogP contribution in [0.15, 0.2) is 12.3 Å². The summed E-state index contributed by atoms with van der Waals surface area (Å²) in [6.45, 7) is 1.96. The number of methoxy groups -OCH3 is 1. The fraction of sp³-hybridized carbons (Fsp3) is 0.500. The van der Waals surface area contributed by atoms with Crippen LogP contribution in [0.1, 0.15) is 12.0 Å². The van der Waals surface area contributed by atoms with Crippen molar-refractivity contribution in [3.8, 4) is 0 Å². The Morgan fingerprint density at radius 2 is 2.35 bits per heavy atom. The van der Waals surface area contributed by atoms with E-state index in [1.54, 1.807) is 6.92 Å². The molecule has 1 N–H and O–H groups in total. The predicted molar refractivity (Wildman–Crippen MR) is 69.8 cm³/mol. The number of ether oxygens (including phenoxy) is 1. The minimum absolute atomic E-state index is 0.0764. The summed E-state index contributed by atoms with van der Waals surface area (Å²) in [5.74, 6) is -0.964. The number of aliphatic carboxylic acids is 1. The van der Waals surface area contributed by atoms with Gasteiger partial charge >= 0.3 is 11.7 Å². The molecule has 0 amide bonds. The molecule has 0 aliphatic carbocycles. The van der Waals surface area contributed by atoms with Gasteiger partial charge in [-0.05, 0) is 12.5 Å². The highest BCUT2D eigenvalue weighted by molar-refractivity contribution is 5.80. The smallest absolute Gasteiger partial charge is 0.326 e. The first-order valence-corrected chi connectivity index (χ1v) is 6.07. The average Bonchev–Trinajstić information content (AvgIpc) is 2.82. The summed E-state index contributed by atoms with van der Waals surface area (Å²) in [6, 6.07) is 0.523. The Bertz CT molecular complexity index is 548. The van der Waals surface area contributed by atoms with Crippen LogP contribution in [0.5, 0.6) is 0 Å². The number of carbonyl (C=O) groups is 1. The van der Waals surface area contributed by atoms with Crippen molar-refractivity contribution in [3.63, 3.8) is 0 Å². The standard InChI is InChI=1S/C12H15N3O5/c1-7-3-9(15(18)19)11(13-5-7)14-6-8(20-2)4-10(14)12(16)17/h3,5,8,10H,4,6H2,1-2H3,(H,16,17). The van der Waals surface area contributed by atoms with Crippen LogP contribution in [-0.4, -0.2) is 46.8 Å². The molecular weight excluding hydrogens is 266 g/mol. The summed E-state index contributed by atoms with van der Waals surface area (Å²) in [6.07, 6.45) is 1.48. The first-order chi connectivity index (χ1) is 9.43. The van der Waals surface area contributed by atoms with Gasteiger partial charge in [-0.3, -0.25) is 10.1 Å². The number of hydrogen-bond donors (Lipinski definition) is 1. The minimum atomic E-state index is -1.04. The molecule has 0 saturated carbocycles. The van der Waals surface area contributed by atoms with Crippen LogP contribution in [0.3, 0.4) is 0 Å². The van der Waals surface area contributed by atoms with Gasteiger partial charge in [-0.15, -0.1) is 0 Å². The van der Waals surface area contributed by atoms with Crippen LogP contribution < -0.4 is 4.90 Å². The van der Waals surface area contributed by atoms with Crippen LogP contribution in [0.4, 0.5) is 11.5 Å². The second-order valence-electron chi connectivity index (χ2n) is 4.71. The summed E-state index contributed by atoms with van der Waals surface area (Å²) in [5.41, 5.74) is 0.461. The van der Waals surface area contributed by atoms with E-state index in [2.05, 4.69) is 4.98 Å². The van der Waals surface area contributed by atoms with Crippen LogP contribution in [0.25, 0.3) is 0 Å². The average molecular weight is 281 g/mol. The molecule has 2 rings (SSSR count). The molecule has 8 nitrogen and oxygen atoms in total. The van der Waals surface area contributed by atoms with Crippen LogP contribution in [0, 0.1) is 17.0 Å². The summed E-state index contributed by atoms with van der Waals surface area (Å²) >= 11 is 0. The second-order valence-corrected chi connectivity index (χ2v) is 4.71. The van der Waals surface area contributed by atoms with Gasteiger partial charge in [-0.1, -0.05) is 0 Å². The largest absolute Gasteiger partial charge is 0.480 e. The van der Waals surface area contributed by atoms with Gasteiger partial charge < -0.3 is 14.7 Å². The van der Waals surface area contributed by atoms with Gasteiger partial charge in [0.2, 0.25) is 5.82 Å². The zero-order valence-corrected chi connectivity index (χ0v) is 11.1. The Morgan fingerprint density at radius 3 is 2.90 bits per heavy atom. The van der Waals surface area contributed by atoms with Crippen molar-refractivity contribution >= 4 is 17.5 Å². The van der Waals surface area contributed by atoms with Crippen LogP contribution in [-0.2, 0) is 9.53 Å². The van der Waals surface area contributed by atoms with E-state index >= 15 is 0 Å². The number of aryl methyl sites for hydroxylation is 1. The Kier molecular flexibility index (Phi) is 3.84. The topological polar surface area (TPSA) is 106 Å². The normalized spacial score (nSPS) is 22.0. The first-order valence-electron chi connectivity index (χ1n) is 6.07. The molecule has 0 bridgehead atoms. The second kappa shape index (κ2) is 5.41. The number of pyridine rings is 1. The van der Waals surface area contributed by atoms with Gasteiger partial charge in [0, 0.05) is 32.3 Å². The van der Waals surface area contributed by atoms with Gasteiger partial charge in [-0.25, -0.2) is 9.78 Å². The summed E-state index contributed by atoms with van der Waals surface area (Å²) in [5, 5.41) is 20.4. The molecule has 0 aromatic carbocycles. The molecule has 0 spiro atoms. The van der Waals surface area contributed by atoms with Crippen LogP contribution >= 0.6 is 0 Å². The van der Waals surface area contributed by atoms with Gasteiger partial charge in [0.15, 0.2) is 0 Å². The highest BCUT2D eigenvalue weighted by Crippen LogP contribution is 2.32. The lowest BCUT2D eigenvalue weighted by Crippen LogP contribution is -2.37. The van der Waals surface area contributed by atoms with Crippen molar-refractivity contribution in [2.24, 2.45) is 0 Å². The number of carboxylic acids is 1. The quantitative estimate of drug-likeness (QED) is 0.647. The van der Waals surface area contributed by atoms with Crippen molar-refractivity contribution in [2.75, 3.05) is 18.6 Å². The molecule has 2 heterocycles. The monoisotopic (exact) mass is 281 g/mol. The van der Waals surface area contributed by atoms with Crippen molar-refractivity contribution < 1.29 is 19.6 Å². The van der Waals surface area contributed by atoms with Gasteiger partial charge in [0.05, 0.1) is 11.0 Å². The molecule has 1 aliphatic heterocycles. The molecular formula is C12H15N3O5. The molecule has 2 unspecified atom stereocenters. The van der Waals surface area contributed by atoms with E-state index in [0.717, 1.165) is 0 Å². The van der Waals surface area contributed by atoms with Crippen LogP contribution in [0.2, 0.25) is 0 Å². The molecule has 2 atom stereocenters. The maximum absolute atomic E-state index is 11.3. The molecule has 1 aromatic heterocycles. The van der Waals surface area contributed by atoms with Gasteiger partial charge in [0.25, 0.3) is 0 Å². The van der Waals surface area contributed by atoms with Crippen molar-refractivity contribution in [3.05, 3.63) is 27.9 Å². The van der Waals surface area contributed by atoms with E-state index < -0.39 is 16.9 Å². The summed E-state index contributed by atoms with van der Waals surface area (Å²) in [7, 11) is 1.49. The molecule has 108 valence electrons.